The van der Waals surface area contributed by atoms with Gasteiger partial charge in [-0.1, -0.05) is 48.0 Å². The van der Waals surface area contributed by atoms with Gasteiger partial charge < -0.3 is 5.32 Å². The first-order chi connectivity index (χ1) is 15.0. The van der Waals surface area contributed by atoms with Crippen molar-refractivity contribution >= 4 is 23.3 Å². The van der Waals surface area contributed by atoms with Crippen LogP contribution in [0.2, 0.25) is 0 Å². The zero-order valence-corrected chi connectivity index (χ0v) is 18.0. The Morgan fingerprint density at radius 1 is 0.871 bits per heavy atom. The van der Waals surface area contributed by atoms with E-state index in [2.05, 4.69) is 35.9 Å². The third kappa shape index (κ3) is 4.92. The maximum Gasteiger partial charge on any atom is 0.257 e. The summed E-state index contributed by atoms with van der Waals surface area (Å²) in [5.41, 5.74) is 8.67. The van der Waals surface area contributed by atoms with Crippen LogP contribution in [0, 0.1) is 20.8 Å². The molecule has 8 heteroatoms. The molecule has 0 aliphatic heterocycles. The number of aryl methyl sites for hydroxylation is 3. The van der Waals surface area contributed by atoms with Crippen molar-refractivity contribution < 1.29 is 0 Å². The average Bonchev–Trinajstić information content (AvgIpc) is 3.12. The van der Waals surface area contributed by atoms with Gasteiger partial charge in [0.05, 0.1) is 11.4 Å². The van der Waals surface area contributed by atoms with Gasteiger partial charge in [-0.05, 0) is 51.5 Å². The van der Waals surface area contributed by atoms with E-state index >= 15 is 0 Å². The maximum absolute atomic E-state index is 4.56. The van der Waals surface area contributed by atoms with Crippen LogP contribution in [0.5, 0.6) is 0 Å². The van der Waals surface area contributed by atoms with E-state index in [1.807, 2.05) is 88.4 Å². The number of nitrogens with zero attached hydrogens (tertiary/aromatic N) is 6. The van der Waals surface area contributed by atoms with Crippen LogP contribution >= 0.6 is 0 Å². The summed E-state index contributed by atoms with van der Waals surface area (Å²) in [7, 11) is 0. The van der Waals surface area contributed by atoms with Gasteiger partial charge in [0.1, 0.15) is 0 Å². The molecule has 31 heavy (non-hydrogen) atoms. The summed E-state index contributed by atoms with van der Waals surface area (Å²) in [6.07, 6.45) is 0. The van der Waals surface area contributed by atoms with Crippen LogP contribution in [-0.2, 0) is 0 Å². The van der Waals surface area contributed by atoms with Gasteiger partial charge in [0.25, 0.3) is 5.95 Å². The van der Waals surface area contributed by atoms with E-state index in [0.29, 0.717) is 17.8 Å². The second-order valence-corrected chi connectivity index (χ2v) is 7.29. The summed E-state index contributed by atoms with van der Waals surface area (Å²) < 4.78 is 1.69. The van der Waals surface area contributed by atoms with Gasteiger partial charge in [-0.2, -0.15) is 25.2 Å². The molecule has 2 N–H and O–H groups in total. The van der Waals surface area contributed by atoms with Gasteiger partial charge in [0.15, 0.2) is 0 Å². The van der Waals surface area contributed by atoms with Crippen LogP contribution in [0.1, 0.15) is 29.4 Å². The average molecular weight is 413 g/mol. The minimum Gasteiger partial charge on any atom is -0.324 e. The number of nitrogens with one attached hydrogen (secondary N) is 2. The summed E-state index contributed by atoms with van der Waals surface area (Å²) in [5, 5.41) is 12.2. The molecule has 0 saturated carbocycles. The van der Waals surface area contributed by atoms with Gasteiger partial charge >= 0.3 is 0 Å². The Morgan fingerprint density at radius 2 is 1.58 bits per heavy atom. The monoisotopic (exact) mass is 412 g/mol. The third-order valence-electron chi connectivity index (χ3n) is 4.65. The molecule has 4 rings (SSSR count). The first kappa shape index (κ1) is 20.2. The van der Waals surface area contributed by atoms with Crippen LogP contribution in [-0.4, -0.2) is 30.4 Å². The van der Waals surface area contributed by atoms with E-state index in [1.165, 1.54) is 5.56 Å². The van der Waals surface area contributed by atoms with E-state index < -0.39 is 0 Å². The number of anilines is 3. The number of aromatic nitrogens is 5. The second kappa shape index (κ2) is 8.74. The standard InChI is InChI=1S/C23H24N8/c1-15-10-12-20(13-11-15)24-21-25-22(29-28-18(4)19-8-6-5-7-9-19)27-23(26-21)31-17(3)14-16(2)30-31/h5-14H,1-4H3,(H2,24,25,26,27,29)/b28-18+. The summed E-state index contributed by atoms with van der Waals surface area (Å²) in [6, 6.07) is 19.9. The van der Waals surface area contributed by atoms with Crippen molar-refractivity contribution in [1.29, 1.82) is 0 Å². The van der Waals surface area contributed by atoms with Crippen molar-refractivity contribution in [3.05, 3.63) is 83.2 Å². The van der Waals surface area contributed by atoms with Crippen LogP contribution in [0.4, 0.5) is 17.6 Å². The Hall–Kier alpha value is -4.07. The van der Waals surface area contributed by atoms with Crippen molar-refractivity contribution in [3.8, 4) is 5.95 Å². The van der Waals surface area contributed by atoms with Crippen LogP contribution in [0.3, 0.4) is 0 Å². The topological polar surface area (TPSA) is 92.9 Å². The summed E-state index contributed by atoms with van der Waals surface area (Å²) in [5.74, 6) is 1.13. The van der Waals surface area contributed by atoms with Crippen molar-refractivity contribution in [3.63, 3.8) is 0 Å². The first-order valence-corrected chi connectivity index (χ1v) is 9.97. The molecule has 8 nitrogen and oxygen atoms in total. The van der Waals surface area contributed by atoms with E-state index in [9.17, 15) is 0 Å². The molecule has 0 spiro atoms. The molecule has 0 saturated heterocycles. The van der Waals surface area contributed by atoms with Crippen molar-refractivity contribution in [2.24, 2.45) is 5.10 Å². The number of hydrogen-bond donors (Lipinski definition) is 2. The Balaban J connectivity index is 1.68. The molecular formula is C23H24N8. The van der Waals surface area contributed by atoms with Gasteiger partial charge in [-0.15, -0.1) is 0 Å². The highest BCUT2D eigenvalue weighted by Gasteiger charge is 2.12. The molecule has 0 bridgehead atoms. The normalized spacial score (nSPS) is 11.4. The highest BCUT2D eigenvalue weighted by Crippen LogP contribution is 2.17. The molecule has 0 radical (unpaired) electrons. The minimum absolute atomic E-state index is 0.322. The second-order valence-electron chi connectivity index (χ2n) is 7.29. The lowest BCUT2D eigenvalue weighted by Crippen LogP contribution is -2.11. The molecule has 0 atom stereocenters. The van der Waals surface area contributed by atoms with Crippen molar-refractivity contribution in [2.75, 3.05) is 10.7 Å². The fourth-order valence-electron chi connectivity index (χ4n) is 3.04. The zero-order valence-electron chi connectivity index (χ0n) is 18.0. The van der Waals surface area contributed by atoms with Crippen molar-refractivity contribution in [1.82, 2.24) is 24.7 Å². The zero-order chi connectivity index (χ0) is 21.8. The molecule has 2 heterocycles. The number of benzene rings is 2. The quantitative estimate of drug-likeness (QED) is 0.356. The number of hydrazone groups is 1. The van der Waals surface area contributed by atoms with Crippen LogP contribution < -0.4 is 10.7 Å². The SMILES string of the molecule is C/C(=N\Nc1nc(Nc2ccc(C)cc2)nc(-n2nc(C)cc2C)n1)c1ccccc1. The molecule has 2 aromatic heterocycles. The van der Waals surface area contributed by atoms with Gasteiger partial charge in [0.2, 0.25) is 11.9 Å². The van der Waals surface area contributed by atoms with Crippen molar-refractivity contribution in [2.45, 2.75) is 27.7 Å². The Morgan fingerprint density at radius 3 is 2.26 bits per heavy atom. The molecule has 0 amide bonds. The summed E-state index contributed by atoms with van der Waals surface area (Å²) in [6.45, 7) is 7.87. The van der Waals surface area contributed by atoms with Gasteiger partial charge in [-0.3, -0.25) is 0 Å². The predicted molar refractivity (Wildman–Crippen MR) is 123 cm³/mol. The Bertz CT molecular complexity index is 1210. The van der Waals surface area contributed by atoms with Gasteiger partial charge in [-0.25, -0.2) is 10.1 Å². The van der Waals surface area contributed by atoms with Crippen LogP contribution in [0.15, 0.2) is 65.8 Å². The lowest BCUT2D eigenvalue weighted by Gasteiger charge is -2.10. The molecule has 2 aromatic carbocycles. The molecule has 0 aliphatic carbocycles. The van der Waals surface area contributed by atoms with Gasteiger partial charge in [0, 0.05) is 11.4 Å². The fraction of sp³-hybridized carbons (Fsp3) is 0.174. The number of hydrogen-bond acceptors (Lipinski definition) is 7. The minimum atomic E-state index is 0.322. The molecule has 0 aliphatic rings. The summed E-state index contributed by atoms with van der Waals surface area (Å²) in [4.78, 5) is 13.6. The highest BCUT2D eigenvalue weighted by molar-refractivity contribution is 5.98. The van der Waals surface area contributed by atoms with E-state index in [4.69, 9.17) is 0 Å². The van der Waals surface area contributed by atoms with E-state index in [1.54, 1.807) is 4.68 Å². The highest BCUT2D eigenvalue weighted by atomic mass is 15.4. The summed E-state index contributed by atoms with van der Waals surface area (Å²) >= 11 is 0. The first-order valence-electron chi connectivity index (χ1n) is 9.97. The van der Waals surface area contributed by atoms with E-state index in [0.717, 1.165) is 28.4 Å². The lowest BCUT2D eigenvalue weighted by atomic mass is 10.1. The maximum atomic E-state index is 4.56. The predicted octanol–water partition coefficient (Wildman–Crippen LogP) is 4.56. The number of rotatable bonds is 6. The van der Waals surface area contributed by atoms with Crippen LogP contribution in [0.25, 0.3) is 5.95 Å². The Labute approximate surface area is 181 Å². The third-order valence-corrected chi connectivity index (χ3v) is 4.65. The molecule has 0 unspecified atom stereocenters. The molecular weight excluding hydrogens is 388 g/mol. The molecule has 156 valence electrons. The largest absolute Gasteiger partial charge is 0.324 e. The smallest absolute Gasteiger partial charge is 0.257 e. The Kier molecular flexibility index (Phi) is 5.70. The fourth-order valence-corrected chi connectivity index (χ4v) is 3.04. The molecule has 4 aromatic rings. The van der Waals surface area contributed by atoms with E-state index in [-0.39, 0.29) is 0 Å². The lowest BCUT2D eigenvalue weighted by molar-refractivity contribution is 0.767. The molecule has 0 fully saturated rings.